The monoisotopic (exact) mass is 257 g/mol. The molecule has 3 rings (SSSR count). The topological polar surface area (TPSA) is 87.4 Å². The largest absolute Gasteiger partial charge is 0.315 e. The fourth-order valence-electron chi connectivity index (χ4n) is 1.71. The Morgan fingerprint density at radius 2 is 2.44 bits per heavy atom. The number of aromatic nitrogens is 4. The summed E-state index contributed by atoms with van der Waals surface area (Å²) in [6.07, 6.45) is 3.22. The highest BCUT2D eigenvalue weighted by Gasteiger charge is 2.07. The summed E-state index contributed by atoms with van der Waals surface area (Å²) in [6, 6.07) is 3.78. The SMILES string of the molecule is N#Cc1nccn1Cc1nc2ccsc2c(=O)[nH]1. The Labute approximate surface area is 105 Å². The third-order valence-corrected chi connectivity index (χ3v) is 3.40. The molecule has 0 radical (unpaired) electrons. The fraction of sp³-hybridized carbons (Fsp3) is 0.0909. The predicted octanol–water partition coefficient (Wildman–Crippen LogP) is 1.10. The molecule has 0 bridgehead atoms. The van der Waals surface area contributed by atoms with E-state index in [2.05, 4.69) is 15.0 Å². The van der Waals surface area contributed by atoms with Crippen LogP contribution in [0.2, 0.25) is 0 Å². The van der Waals surface area contributed by atoms with Gasteiger partial charge < -0.3 is 9.55 Å². The third kappa shape index (κ3) is 1.69. The highest BCUT2D eigenvalue weighted by atomic mass is 32.1. The van der Waals surface area contributed by atoms with Gasteiger partial charge in [-0.05, 0) is 11.4 Å². The Morgan fingerprint density at radius 1 is 1.56 bits per heavy atom. The van der Waals surface area contributed by atoms with Crippen molar-refractivity contribution >= 4 is 21.6 Å². The molecule has 0 fully saturated rings. The Hall–Kier alpha value is -2.46. The number of hydrogen-bond donors (Lipinski definition) is 1. The van der Waals surface area contributed by atoms with Crippen LogP contribution in [0.5, 0.6) is 0 Å². The smallest absolute Gasteiger partial charge is 0.268 e. The maximum atomic E-state index is 11.8. The molecule has 3 aromatic rings. The van der Waals surface area contributed by atoms with Crippen molar-refractivity contribution in [2.45, 2.75) is 6.54 Å². The summed E-state index contributed by atoms with van der Waals surface area (Å²) in [6.45, 7) is 0.323. The number of nitriles is 1. The zero-order chi connectivity index (χ0) is 12.5. The van der Waals surface area contributed by atoms with E-state index in [-0.39, 0.29) is 5.56 Å². The fourth-order valence-corrected chi connectivity index (χ4v) is 2.43. The normalized spacial score (nSPS) is 10.6. The molecular weight excluding hydrogens is 250 g/mol. The average Bonchev–Trinajstić information content (AvgIpc) is 2.97. The highest BCUT2D eigenvalue weighted by molar-refractivity contribution is 7.17. The second-order valence-corrected chi connectivity index (χ2v) is 4.55. The minimum atomic E-state index is -0.149. The average molecular weight is 257 g/mol. The van der Waals surface area contributed by atoms with Gasteiger partial charge in [-0.15, -0.1) is 11.3 Å². The second-order valence-electron chi connectivity index (χ2n) is 3.64. The quantitative estimate of drug-likeness (QED) is 0.744. The van der Waals surface area contributed by atoms with Crippen LogP contribution in [-0.2, 0) is 6.54 Å². The molecule has 6 nitrogen and oxygen atoms in total. The van der Waals surface area contributed by atoms with Gasteiger partial charge in [0.1, 0.15) is 16.6 Å². The molecule has 0 saturated heterocycles. The van der Waals surface area contributed by atoms with E-state index in [1.807, 2.05) is 11.4 Å². The van der Waals surface area contributed by atoms with E-state index in [0.29, 0.717) is 28.4 Å². The zero-order valence-corrected chi connectivity index (χ0v) is 9.94. The number of H-pyrrole nitrogens is 1. The number of nitrogens with zero attached hydrogens (tertiary/aromatic N) is 4. The molecule has 0 spiro atoms. The van der Waals surface area contributed by atoms with E-state index >= 15 is 0 Å². The Kier molecular flexibility index (Phi) is 2.42. The molecule has 0 saturated carbocycles. The summed E-state index contributed by atoms with van der Waals surface area (Å²) in [5.41, 5.74) is 0.529. The van der Waals surface area contributed by atoms with E-state index in [9.17, 15) is 4.79 Å². The molecule has 0 aliphatic heterocycles. The lowest BCUT2D eigenvalue weighted by molar-refractivity contribution is 0.734. The van der Waals surface area contributed by atoms with Gasteiger partial charge in [0, 0.05) is 12.4 Å². The van der Waals surface area contributed by atoms with Crippen molar-refractivity contribution in [3.05, 3.63) is 45.8 Å². The van der Waals surface area contributed by atoms with Gasteiger partial charge in [0.25, 0.3) is 5.56 Å². The summed E-state index contributed by atoms with van der Waals surface area (Å²) in [5.74, 6) is 0.809. The summed E-state index contributed by atoms with van der Waals surface area (Å²) >= 11 is 1.36. The maximum absolute atomic E-state index is 11.8. The highest BCUT2D eigenvalue weighted by Crippen LogP contribution is 2.14. The van der Waals surface area contributed by atoms with Crippen molar-refractivity contribution in [1.29, 1.82) is 5.26 Å². The summed E-state index contributed by atoms with van der Waals surface area (Å²) in [5, 5.41) is 10.7. The van der Waals surface area contributed by atoms with E-state index in [4.69, 9.17) is 5.26 Å². The summed E-state index contributed by atoms with van der Waals surface area (Å²) in [7, 11) is 0. The van der Waals surface area contributed by atoms with E-state index in [1.54, 1.807) is 23.0 Å². The Balaban J connectivity index is 2.06. The lowest BCUT2D eigenvalue weighted by Crippen LogP contribution is -2.13. The molecule has 7 heteroatoms. The van der Waals surface area contributed by atoms with Crippen LogP contribution in [0.25, 0.3) is 10.2 Å². The van der Waals surface area contributed by atoms with Crippen LogP contribution in [0.3, 0.4) is 0 Å². The molecule has 3 heterocycles. The molecule has 1 N–H and O–H groups in total. The Bertz CT molecular complexity index is 807. The van der Waals surface area contributed by atoms with Crippen LogP contribution < -0.4 is 5.56 Å². The van der Waals surface area contributed by atoms with Crippen LogP contribution in [-0.4, -0.2) is 19.5 Å². The molecule has 18 heavy (non-hydrogen) atoms. The van der Waals surface area contributed by atoms with Crippen molar-refractivity contribution in [3.63, 3.8) is 0 Å². The third-order valence-electron chi connectivity index (χ3n) is 2.50. The second kappa shape index (κ2) is 4.09. The minimum absolute atomic E-state index is 0.149. The lowest BCUT2D eigenvalue weighted by atomic mass is 10.4. The van der Waals surface area contributed by atoms with Crippen LogP contribution in [0.15, 0.2) is 28.6 Å². The first-order chi connectivity index (χ1) is 8.78. The van der Waals surface area contributed by atoms with Crippen molar-refractivity contribution in [2.75, 3.05) is 0 Å². The number of aromatic amines is 1. The molecule has 3 aromatic heterocycles. The van der Waals surface area contributed by atoms with Crippen molar-refractivity contribution in [3.8, 4) is 6.07 Å². The van der Waals surface area contributed by atoms with Gasteiger partial charge in [-0.3, -0.25) is 4.79 Å². The lowest BCUT2D eigenvalue weighted by Gasteiger charge is -2.02. The van der Waals surface area contributed by atoms with E-state index < -0.39 is 0 Å². The number of imidazole rings is 1. The molecule has 0 aliphatic rings. The number of thiophene rings is 1. The number of rotatable bonds is 2. The van der Waals surface area contributed by atoms with Crippen molar-refractivity contribution in [1.82, 2.24) is 19.5 Å². The summed E-state index contributed by atoms with van der Waals surface area (Å²) < 4.78 is 2.25. The van der Waals surface area contributed by atoms with Gasteiger partial charge >= 0.3 is 0 Å². The van der Waals surface area contributed by atoms with Crippen molar-refractivity contribution in [2.24, 2.45) is 0 Å². The molecular formula is C11H7N5OS. The standard InChI is InChI=1S/C11H7N5OS/c12-5-9-13-2-3-16(9)6-8-14-7-1-4-18-10(7)11(17)15-8/h1-4H,6H2,(H,14,15,17). The first-order valence-corrected chi connectivity index (χ1v) is 6.03. The number of fused-ring (bicyclic) bond motifs is 1. The van der Waals surface area contributed by atoms with Crippen LogP contribution in [0.1, 0.15) is 11.6 Å². The number of nitrogens with one attached hydrogen (secondary N) is 1. The maximum Gasteiger partial charge on any atom is 0.268 e. The van der Waals surface area contributed by atoms with Gasteiger partial charge in [-0.2, -0.15) is 5.26 Å². The van der Waals surface area contributed by atoms with Gasteiger partial charge in [0.15, 0.2) is 0 Å². The van der Waals surface area contributed by atoms with Crippen LogP contribution in [0, 0.1) is 11.3 Å². The summed E-state index contributed by atoms with van der Waals surface area (Å²) in [4.78, 5) is 22.7. The van der Waals surface area contributed by atoms with Gasteiger partial charge in [0.2, 0.25) is 5.82 Å². The molecule has 0 aromatic carbocycles. The van der Waals surface area contributed by atoms with Gasteiger partial charge in [-0.1, -0.05) is 0 Å². The molecule has 0 unspecified atom stereocenters. The van der Waals surface area contributed by atoms with E-state index in [0.717, 1.165) is 0 Å². The predicted molar refractivity (Wildman–Crippen MR) is 66.3 cm³/mol. The van der Waals surface area contributed by atoms with Crippen molar-refractivity contribution < 1.29 is 0 Å². The van der Waals surface area contributed by atoms with Crippen LogP contribution in [0.4, 0.5) is 0 Å². The molecule has 0 aliphatic carbocycles. The van der Waals surface area contributed by atoms with Crippen LogP contribution >= 0.6 is 11.3 Å². The molecule has 0 amide bonds. The molecule has 88 valence electrons. The Morgan fingerprint density at radius 3 is 3.28 bits per heavy atom. The van der Waals surface area contributed by atoms with Gasteiger partial charge in [-0.25, -0.2) is 9.97 Å². The van der Waals surface area contributed by atoms with E-state index in [1.165, 1.54) is 11.3 Å². The molecule has 0 atom stereocenters. The first-order valence-electron chi connectivity index (χ1n) is 5.15. The number of hydrogen-bond acceptors (Lipinski definition) is 5. The minimum Gasteiger partial charge on any atom is -0.315 e. The zero-order valence-electron chi connectivity index (χ0n) is 9.12. The van der Waals surface area contributed by atoms with Gasteiger partial charge in [0.05, 0.1) is 12.1 Å². The first kappa shape index (κ1) is 10.7.